The summed E-state index contributed by atoms with van der Waals surface area (Å²) in [5, 5.41) is 6.67. The lowest BCUT2D eigenvalue weighted by atomic mass is 9.90. The largest absolute Gasteiger partial charge is 0.203 e. The second-order valence-corrected chi connectivity index (χ2v) is 9.48. The molecule has 6 aromatic carbocycles. The molecule has 0 atom stereocenters. The van der Waals surface area contributed by atoms with Gasteiger partial charge in [0.1, 0.15) is 0 Å². The summed E-state index contributed by atoms with van der Waals surface area (Å²) in [6, 6.07) is 34.0. The van der Waals surface area contributed by atoms with Gasteiger partial charge in [-0.3, -0.25) is 0 Å². The van der Waals surface area contributed by atoms with Crippen LogP contribution in [-0.2, 0) is 0 Å². The van der Waals surface area contributed by atoms with E-state index in [1.165, 1.54) is 16.0 Å². The molecule has 0 N–H and O–H groups in total. The molecule has 0 saturated carbocycles. The topological polar surface area (TPSA) is 0 Å². The molecule has 0 radical (unpaired) electrons. The molecule has 6 aromatic rings. The molecular formula is C34H22F2. The maximum Gasteiger partial charge on any atom is 0.167 e. The SMILES string of the molecule is Fc1c(F)c2cc(-c3cccc4ccccc34)ccc2c2ccc(C3=c4ccccc4=CCC3)cc12. The molecule has 36 heavy (non-hydrogen) atoms. The van der Waals surface area contributed by atoms with Crippen molar-refractivity contribution in [3.05, 3.63) is 131 Å². The van der Waals surface area contributed by atoms with Gasteiger partial charge in [0.25, 0.3) is 0 Å². The van der Waals surface area contributed by atoms with E-state index < -0.39 is 11.6 Å². The van der Waals surface area contributed by atoms with E-state index in [4.69, 9.17) is 0 Å². The molecule has 172 valence electrons. The second kappa shape index (κ2) is 8.13. The zero-order chi connectivity index (χ0) is 24.2. The lowest BCUT2D eigenvalue weighted by molar-refractivity contribution is 0.525. The van der Waals surface area contributed by atoms with Gasteiger partial charge in [-0.2, -0.15) is 0 Å². The summed E-state index contributed by atoms with van der Waals surface area (Å²) in [6.45, 7) is 0. The number of halogens is 2. The fourth-order valence-electron chi connectivity index (χ4n) is 5.75. The van der Waals surface area contributed by atoms with Crippen molar-refractivity contribution < 1.29 is 8.78 Å². The smallest absolute Gasteiger partial charge is 0.167 e. The summed E-state index contributed by atoms with van der Waals surface area (Å²) >= 11 is 0. The van der Waals surface area contributed by atoms with E-state index in [2.05, 4.69) is 42.5 Å². The molecule has 0 aliphatic heterocycles. The van der Waals surface area contributed by atoms with Gasteiger partial charge in [0, 0.05) is 10.8 Å². The molecule has 0 bridgehead atoms. The van der Waals surface area contributed by atoms with Crippen molar-refractivity contribution in [1.29, 1.82) is 0 Å². The van der Waals surface area contributed by atoms with E-state index >= 15 is 8.78 Å². The van der Waals surface area contributed by atoms with Crippen LogP contribution in [0.25, 0.3) is 55.1 Å². The minimum atomic E-state index is -0.792. The van der Waals surface area contributed by atoms with Gasteiger partial charge in [-0.25, -0.2) is 8.78 Å². The molecule has 7 rings (SSSR count). The summed E-state index contributed by atoms with van der Waals surface area (Å²) in [7, 11) is 0. The Bertz CT molecular complexity index is 1960. The minimum absolute atomic E-state index is 0.309. The maximum absolute atomic E-state index is 15.6. The Kier molecular flexibility index (Phi) is 4.75. The summed E-state index contributed by atoms with van der Waals surface area (Å²) in [5.74, 6) is -1.58. The third-order valence-corrected chi connectivity index (χ3v) is 7.49. The van der Waals surface area contributed by atoms with E-state index in [0.29, 0.717) is 10.8 Å². The Morgan fingerprint density at radius 2 is 1.19 bits per heavy atom. The van der Waals surface area contributed by atoms with Crippen LogP contribution in [0, 0.1) is 11.6 Å². The molecule has 0 amide bonds. The lowest BCUT2D eigenvalue weighted by Gasteiger charge is -2.15. The highest BCUT2D eigenvalue weighted by Gasteiger charge is 2.17. The van der Waals surface area contributed by atoms with Crippen molar-refractivity contribution in [3.63, 3.8) is 0 Å². The summed E-state index contributed by atoms with van der Waals surface area (Å²) in [6.07, 6.45) is 4.06. The van der Waals surface area contributed by atoms with Gasteiger partial charge >= 0.3 is 0 Å². The van der Waals surface area contributed by atoms with Gasteiger partial charge in [0.2, 0.25) is 0 Å². The molecule has 0 saturated heterocycles. The van der Waals surface area contributed by atoms with Crippen LogP contribution in [-0.4, -0.2) is 0 Å². The third-order valence-electron chi connectivity index (χ3n) is 7.49. The highest BCUT2D eigenvalue weighted by molar-refractivity contribution is 6.10. The van der Waals surface area contributed by atoms with Crippen LogP contribution in [0.4, 0.5) is 8.78 Å². The monoisotopic (exact) mass is 468 g/mol. The number of hydrogen-bond acceptors (Lipinski definition) is 0. The molecular weight excluding hydrogens is 446 g/mol. The molecule has 0 aromatic heterocycles. The van der Waals surface area contributed by atoms with Crippen LogP contribution in [0.3, 0.4) is 0 Å². The fourth-order valence-corrected chi connectivity index (χ4v) is 5.75. The zero-order valence-corrected chi connectivity index (χ0v) is 19.6. The molecule has 0 nitrogen and oxygen atoms in total. The highest BCUT2D eigenvalue weighted by atomic mass is 19.2. The van der Waals surface area contributed by atoms with E-state index in [1.54, 1.807) is 6.07 Å². The summed E-state index contributed by atoms with van der Waals surface area (Å²) < 4.78 is 31.1. The Balaban J connectivity index is 1.45. The fraction of sp³-hybridized carbons (Fsp3) is 0.0588. The molecule has 0 spiro atoms. The Morgan fingerprint density at radius 1 is 0.528 bits per heavy atom. The van der Waals surface area contributed by atoms with E-state index in [1.807, 2.05) is 60.7 Å². The molecule has 1 aliphatic rings. The van der Waals surface area contributed by atoms with Crippen molar-refractivity contribution in [2.45, 2.75) is 12.8 Å². The molecule has 1 aliphatic carbocycles. The first-order valence-electron chi connectivity index (χ1n) is 12.3. The summed E-state index contributed by atoms with van der Waals surface area (Å²) in [5.41, 5.74) is 4.02. The second-order valence-electron chi connectivity index (χ2n) is 9.48. The Morgan fingerprint density at radius 3 is 2.03 bits per heavy atom. The first-order valence-corrected chi connectivity index (χ1v) is 12.3. The van der Waals surface area contributed by atoms with Crippen LogP contribution in [0.15, 0.2) is 103 Å². The Labute approximate surface area is 207 Å². The van der Waals surface area contributed by atoms with E-state index in [0.717, 1.165) is 51.1 Å². The first-order chi connectivity index (χ1) is 17.7. The average molecular weight is 469 g/mol. The standard InChI is InChI=1S/C34H22F2/c35-33-31-19-23(27-13-5-9-21-7-1-3-11-25(21)27)15-17-29(31)30-18-16-24(20-32(30)34(33)36)28-14-6-10-22-8-2-4-12-26(22)28/h1-5,7-13,15-20H,6,14H2. The lowest BCUT2D eigenvalue weighted by Crippen LogP contribution is -2.29. The van der Waals surface area contributed by atoms with Crippen LogP contribution in [0.5, 0.6) is 0 Å². The highest BCUT2D eigenvalue weighted by Crippen LogP contribution is 2.37. The van der Waals surface area contributed by atoms with Crippen LogP contribution < -0.4 is 10.4 Å². The van der Waals surface area contributed by atoms with Gasteiger partial charge in [-0.1, -0.05) is 97.1 Å². The zero-order valence-electron chi connectivity index (χ0n) is 19.6. The van der Waals surface area contributed by atoms with Crippen molar-refractivity contribution in [1.82, 2.24) is 0 Å². The van der Waals surface area contributed by atoms with Crippen LogP contribution in [0.1, 0.15) is 18.4 Å². The first kappa shape index (κ1) is 21.0. The van der Waals surface area contributed by atoms with Crippen molar-refractivity contribution in [2.75, 3.05) is 0 Å². The molecule has 2 heteroatoms. The number of hydrogen-bond donors (Lipinski definition) is 0. The molecule has 0 heterocycles. The third kappa shape index (κ3) is 3.18. The summed E-state index contributed by atoms with van der Waals surface area (Å²) in [4.78, 5) is 0. The number of rotatable bonds is 2. The number of fused-ring (bicyclic) bond motifs is 5. The molecule has 0 fully saturated rings. The quantitative estimate of drug-likeness (QED) is 0.227. The predicted molar refractivity (Wildman–Crippen MR) is 146 cm³/mol. The van der Waals surface area contributed by atoms with Crippen molar-refractivity contribution in [3.8, 4) is 11.1 Å². The van der Waals surface area contributed by atoms with Crippen molar-refractivity contribution >= 4 is 44.0 Å². The number of benzene rings is 6. The van der Waals surface area contributed by atoms with Gasteiger partial charge in [0.05, 0.1) is 0 Å². The van der Waals surface area contributed by atoms with Gasteiger partial charge in [-0.15, -0.1) is 0 Å². The minimum Gasteiger partial charge on any atom is -0.203 e. The van der Waals surface area contributed by atoms with Crippen LogP contribution in [0.2, 0.25) is 0 Å². The normalized spacial score (nSPS) is 13.2. The Hall–Kier alpha value is -4.30. The van der Waals surface area contributed by atoms with Gasteiger partial charge in [-0.05, 0) is 79.2 Å². The van der Waals surface area contributed by atoms with E-state index in [-0.39, 0.29) is 0 Å². The van der Waals surface area contributed by atoms with Crippen molar-refractivity contribution in [2.24, 2.45) is 0 Å². The molecule has 0 unspecified atom stereocenters. The van der Waals surface area contributed by atoms with Crippen LogP contribution >= 0.6 is 0 Å². The maximum atomic E-state index is 15.6. The van der Waals surface area contributed by atoms with Gasteiger partial charge < -0.3 is 0 Å². The van der Waals surface area contributed by atoms with Gasteiger partial charge in [0.15, 0.2) is 11.6 Å². The average Bonchev–Trinajstić information content (AvgIpc) is 2.95. The van der Waals surface area contributed by atoms with E-state index in [9.17, 15) is 0 Å². The predicted octanol–water partition coefficient (Wildman–Crippen LogP) is 7.86.